The maximum absolute atomic E-state index is 14.5. The molecule has 0 saturated heterocycles. The van der Waals surface area contributed by atoms with E-state index in [9.17, 15) is 18.0 Å². The first kappa shape index (κ1) is 34.2. The molecule has 0 aliphatic rings. The molecule has 4 rings (SSSR count). The first-order chi connectivity index (χ1) is 21.5. The summed E-state index contributed by atoms with van der Waals surface area (Å²) in [7, 11) is -4.21. The number of halogens is 2. The Morgan fingerprint density at radius 3 is 2.09 bits per heavy atom. The lowest BCUT2D eigenvalue weighted by atomic mass is 10.0. The number of sulfonamides is 1. The zero-order valence-electron chi connectivity index (χ0n) is 25.5. The minimum atomic E-state index is -4.21. The van der Waals surface area contributed by atoms with E-state index in [1.807, 2.05) is 68.4 Å². The van der Waals surface area contributed by atoms with Gasteiger partial charge in [-0.05, 0) is 65.9 Å². The Morgan fingerprint density at radius 1 is 0.844 bits per heavy atom. The van der Waals surface area contributed by atoms with E-state index in [0.717, 1.165) is 19.9 Å². The zero-order valence-corrected chi connectivity index (χ0v) is 28.6. The SMILES string of the molecule is Cc1c(Cl)cccc1N(CC(=O)N(Cc1ccc(Br)cc1)[C@@H](Cc1ccccc1)C(=O)NCC(C)C)S(=O)(=O)c1ccccc1. The largest absolute Gasteiger partial charge is 0.354 e. The zero-order chi connectivity index (χ0) is 32.6. The number of amides is 2. The Hall–Kier alpha value is -3.66. The van der Waals surface area contributed by atoms with Crippen molar-refractivity contribution < 1.29 is 18.0 Å². The lowest BCUT2D eigenvalue weighted by molar-refractivity contribution is -0.140. The van der Waals surface area contributed by atoms with Crippen molar-refractivity contribution in [3.05, 3.63) is 129 Å². The molecule has 10 heteroatoms. The lowest BCUT2D eigenvalue weighted by Crippen LogP contribution is -2.53. The van der Waals surface area contributed by atoms with Gasteiger partial charge >= 0.3 is 0 Å². The fraction of sp³-hybridized carbons (Fsp3) is 0.257. The molecule has 0 saturated carbocycles. The van der Waals surface area contributed by atoms with Crippen molar-refractivity contribution in [3.8, 4) is 0 Å². The van der Waals surface area contributed by atoms with Gasteiger partial charge < -0.3 is 10.2 Å². The van der Waals surface area contributed by atoms with Crippen molar-refractivity contribution in [2.45, 2.75) is 44.7 Å². The molecule has 45 heavy (non-hydrogen) atoms. The predicted molar refractivity (Wildman–Crippen MR) is 184 cm³/mol. The molecule has 1 N–H and O–H groups in total. The molecule has 0 radical (unpaired) electrons. The van der Waals surface area contributed by atoms with E-state index < -0.39 is 28.5 Å². The van der Waals surface area contributed by atoms with Crippen LogP contribution in [0.2, 0.25) is 5.02 Å². The van der Waals surface area contributed by atoms with Crippen LogP contribution in [0.1, 0.15) is 30.5 Å². The van der Waals surface area contributed by atoms with Gasteiger partial charge in [-0.25, -0.2) is 8.42 Å². The molecule has 0 bridgehead atoms. The predicted octanol–water partition coefficient (Wildman–Crippen LogP) is 7.02. The Bertz CT molecular complexity index is 1700. The third kappa shape index (κ3) is 8.96. The summed E-state index contributed by atoms with van der Waals surface area (Å²) in [6, 6.07) is 29.0. The number of rotatable bonds is 13. The van der Waals surface area contributed by atoms with Gasteiger partial charge in [-0.2, -0.15) is 0 Å². The number of benzene rings is 4. The summed E-state index contributed by atoms with van der Waals surface area (Å²) < 4.78 is 30.3. The molecule has 0 aliphatic carbocycles. The normalized spacial score (nSPS) is 12.0. The summed E-state index contributed by atoms with van der Waals surface area (Å²) >= 11 is 9.90. The fourth-order valence-electron chi connectivity index (χ4n) is 4.86. The van der Waals surface area contributed by atoms with Crippen molar-refractivity contribution >= 4 is 55.1 Å². The standard InChI is InChI=1S/C35H37BrClN3O4S/c1-25(2)22-38-35(42)33(21-27-11-6-4-7-12-27)39(23-28-17-19-29(36)20-18-28)34(41)24-40(32-16-10-15-31(37)26(32)3)45(43,44)30-13-8-5-9-14-30/h4-20,25,33H,21-24H2,1-3H3,(H,38,42)/t33-/m0/s1. The summed E-state index contributed by atoms with van der Waals surface area (Å²) in [5.74, 6) is -0.647. The topological polar surface area (TPSA) is 86.8 Å². The molecule has 0 fully saturated rings. The number of nitrogens with zero attached hydrogens (tertiary/aromatic N) is 2. The van der Waals surface area contributed by atoms with Crippen molar-refractivity contribution in [1.29, 1.82) is 0 Å². The highest BCUT2D eigenvalue weighted by Crippen LogP contribution is 2.31. The smallest absolute Gasteiger partial charge is 0.264 e. The van der Waals surface area contributed by atoms with E-state index in [1.54, 1.807) is 43.3 Å². The second-order valence-corrected chi connectivity index (χ2v) is 14.4. The van der Waals surface area contributed by atoms with Crippen LogP contribution in [0.5, 0.6) is 0 Å². The third-order valence-electron chi connectivity index (χ3n) is 7.34. The highest BCUT2D eigenvalue weighted by molar-refractivity contribution is 9.10. The summed E-state index contributed by atoms with van der Waals surface area (Å²) in [6.07, 6.45) is 0.245. The van der Waals surface area contributed by atoms with Gasteiger partial charge in [-0.1, -0.05) is 108 Å². The van der Waals surface area contributed by atoms with E-state index >= 15 is 0 Å². The number of hydrogen-bond donors (Lipinski definition) is 1. The average Bonchev–Trinajstić information content (AvgIpc) is 3.03. The van der Waals surface area contributed by atoms with E-state index in [2.05, 4.69) is 21.2 Å². The van der Waals surface area contributed by atoms with Crippen LogP contribution in [0.25, 0.3) is 0 Å². The first-order valence-corrected chi connectivity index (χ1v) is 17.3. The third-order valence-corrected chi connectivity index (χ3v) is 10.1. The molecule has 1 atom stereocenters. The van der Waals surface area contributed by atoms with Gasteiger partial charge in [0.05, 0.1) is 10.6 Å². The molecule has 0 aliphatic heterocycles. The monoisotopic (exact) mass is 709 g/mol. The van der Waals surface area contributed by atoms with E-state index in [0.29, 0.717) is 17.1 Å². The van der Waals surface area contributed by atoms with E-state index in [4.69, 9.17) is 11.6 Å². The van der Waals surface area contributed by atoms with Gasteiger partial charge in [0.1, 0.15) is 12.6 Å². The number of anilines is 1. The highest BCUT2D eigenvalue weighted by Gasteiger charge is 2.35. The molecule has 236 valence electrons. The summed E-state index contributed by atoms with van der Waals surface area (Å²) in [6.45, 7) is 5.69. The Morgan fingerprint density at radius 2 is 1.47 bits per heavy atom. The number of carbonyl (C=O) groups is 2. The molecule has 7 nitrogen and oxygen atoms in total. The summed E-state index contributed by atoms with van der Waals surface area (Å²) in [5, 5.41) is 3.37. The van der Waals surface area contributed by atoms with E-state index in [1.165, 1.54) is 17.0 Å². The summed E-state index contributed by atoms with van der Waals surface area (Å²) in [5.41, 5.74) is 2.46. The molecular weight excluding hydrogens is 674 g/mol. The van der Waals surface area contributed by atoms with Crippen molar-refractivity contribution in [3.63, 3.8) is 0 Å². The number of carbonyl (C=O) groups excluding carboxylic acids is 2. The Kier molecular flexibility index (Phi) is 11.8. The van der Waals surface area contributed by atoms with Crippen molar-refractivity contribution in [2.24, 2.45) is 5.92 Å². The van der Waals surface area contributed by atoms with E-state index in [-0.39, 0.29) is 35.4 Å². The molecular formula is C35H37BrClN3O4S. The van der Waals surface area contributed by atoms with Gasteiger partial charge in [0.2, 0.25) is 11.8 Å². The van der Waals surface area contributed by atoms with Crippen LogP contribution in [-0.4, -0.2) is 44.3 Å². The molecule has 4 aromatic carbocycles. The minimum absolute atomic E-state index is 0.0344. The van der Waals surface area contributed by atoms with Gasteiger partial charge in [0, 0.05) is 29.0 Å². The molecule has 0 spiro atoms. The highest BCUT2D eigenvalue weighted by atomic mass is 79.9. The van der Waals surface area contributed by atoms with Gasteiger partial charge in [0.25, 0.3) is 10.0 Å². The van der Waals surface area contributed by atoms with Gasteiger partial charge in [-0.3, -0.25) is 13.9 Å². The van der Waals surface area contributed by atoms with Crippen molar-refractivity contribution in [1.82, 2.24) is 10.2 Å². The lowest BCUT2D eigenvalue weighted by Gasteiger charge is -2.34. The molecule has 2 amide bonds. The van der Waals surface area contributed by atoms with Crippen molar-refractivity contribution in [2.75, 3.05) is 17.4 Å². The van der Waals surface area contributed by atoms with Crippen LogP contribution in [0.15, 0.2) is 112 Å². The second kappa shape index (κ2) is 15.6. The molecule has 0 heterocycles. The van der Waals surface area contributed by atoms with Crippen LogP contribution in [-0.2, 0) is 32.6 Å². The maximum atomic E-state index is 14.5. The van der Waals surface area contributed by atoms with Crippen LogP contribution in [0, 0.1) is 12.8 Å². The Balaban J connectivity index is 1.82. The molecule has 0 aromatic heterocycles. The molecule has 4 aromatic rings. The van der Waals surface area contributed by atoms with Gasteiger partial charge in [-0.15, -0.1) is 0 Å². The maximum Gasteiger partial charge on any atom is 0.264 e. The van der Waals surface area contributed by atoms with Crippen LogP contribution in [0.4, 0.5) is 5.69 Å². The average molecular weight is 711 g/mol. The second-order valence-electron chi connectivity index (χ2n) is 11.2. The fourth-order valence-corrected chi connectivity index (χ4v) is 6.79. The quantitative estimate of drug-likeness (QED) is 0.162. The van der Waals surface area contributed by atoms with Gasteiger partial charge in [0.15, 0.2) is 0 Å². The summed E-state index contributed by atoms with van der Waals surface area (Å²) in [4.78, 5) is 29.9. The van der Waals surface area contributed by atoms with Crippen LogP contribution < -0.4 is 9.62 Å². The Labute approximate surface area is 279 Å². The van der Waals surface area contributed by atoms with Crippen LogP contribution in [0.3, 0.4) is 0 Å². The molecule has 0 unspecified atom stereocenters. The number of nitrogens with one attached hydrogen (secondary N) is 1. The minimum Gasteiger partial charge on any atom is -0.354 e. The van der Waals surface area contributed by atoms with Crippen LogP contribution >= 0.6 is 27.5 Å². The number of hydrogen-bond acceptors (Lipinski definition) is 4. The first-order valence-electron chi connectivity index (χ1n) is 14.7.